The van der Waals surface area contributed by atoms with E-state index < -0.39 is 29.7 Å². The maximum atomic E-state index is 12.8. The van der Waals surface area contributed by atoms with Crippen LogP contribution in [0.4, 0.5) is 13.2 Å². The molecule has 8 nitrogen and oxygen atoms in total. The molecule has 172 valence electrons. The second-order valence-electron chi connectivity index (χ2n) is 6.87. The lowest BCUT2D eigenvalue weighted by atomic mass is 10.1. The molecule has 2 aromatic carbocycles. The van der Waals surface area contributed by atoms with Gasteiger partial charge in [0, 0.05) is 30.8 Å². The topological polar surface area (TPSA) is 109 Å². The highest BCUT2D eigenvalue weighted by molar-refractivity contribution is 6.39. The summed E-state index contributed by atoms with van der Waals surface area (Å²) in [7, 11) is 1.50. The van der Waals surface area contributed by atoms with Crippen LogP contribution in [0, 0.1) is 0 Å². The second kappa shape index (κ2) is 9.98. The smallest absolute Gasteiger partial charge is 0.416 e. The number of nitrogens with zero attached hydrogens (tertiary/aromatic N) is 1. The molecule has 1 aliphatic heterocycles. The maximum Gasteiger partial charge on any atom is 0.416 e. The number of hydrogen-bond acceptors (Lipinski definition) is 5. The van der Waals surface area contributed by atoms with E-state index in [0.29, 0.717) is 17.5 Å². The van der Waals surface area contributed by atoms with E-state index in [0.717, 1.165) is 12.1 Å². The van der Waals surface area contributed by atoms with Gasteiger partial charge >= 0.3 is 6.18 Å². The van der Waals surface area contributed by atoms with E-state index in [1.807, 2.05) is 0 Å². The number of alkyl halides is 3. The normalized spacial score (nSPS) is 15.3. The Labute approximate surface area is 186 Å². The number of carbonyl (C=O) groups is 3. The van der Waals surface area contributed by atoms with Gasteiger partial charge in [0.05, 0.1) is 5.56 Å². The molecule has 11 heteroatoms. The predicted molar refractivity (Wildman–Crippen MR) is 112 cm³/mol. The zero-order chi connectivity index (χ0) is 24.0. The Bertz CT molecular complexity index is 1110. The summed E-state index contributed by atoms with van der Waals surface area (Å²) in [5, 5.41) is 2.50. The van der Waals surface area contributed by atoms with E-state index >= 15 is 0 Å². The van der Waals surface area contributed by atoms with Crippen LogP contribution in [0.3, 0.4) is 0 Å². The van der Waals surface area contributed by atoms with Gasteiger partial charge in [0.15, 0.2) is 0 Å². The van der Waals surface area contributed by atoms with E-state index in [4.69, 9.17) is 4.74 Å². The van der Waals surface area contributed by atoms with Crippen LogP contribution in [-0.2, 0) is 11.0 Å². The summed E-state index contributed by atoms with van der Waals surface area (Å²) in [4.78, 5) is 40.0. The van der Waals surface area contributed by atoms with Gasteiger partial charge in [-0.25, -0.2) is 0 Å². The summed E-state index contributed by atoms with van der Waals surface area (Å²) in [6, 6.07) is 9.78. The summed E-state index contributed by atoms with van der Waals surface area (Å²) in [6.45, 7) is 0. The highest BCUT2D eigenvalue weighted by Gasteiger charge is 2.31. The lowest BCUT2D eigenvalue weighted by molar-refractivity contribution is -0.137. The van der Waals surface area contributed by atoms with E-state index in [2.05, 4.69) is 21.2 Å². The molecular formula is C22H19F3N4O4. The zero-order valence-corrected chi connectivity index (χ0v) is 17.3. The van der Waals surface area contributed by atoms with Crippen LogP contribution in [0.25, 0.3) is 0 Å². The number of hydrogen-bond donors (Lipinski definition) is 3. The van der Waals surface area contributed by atoms with Crippen molar-refractivity contribution in [2.45, 2.75) is 18.7 Å². The molecule has 3 amide bonds. The van der Waals surface area contributed by atoms with Crippen LogP contribution in [-0.4, -0.2) is 36.6 Å². The average molecular weight is 460 g/mol. The first-order chi connectivity index (χ1) is 15.7. The first kappa shape index (κ1) is 23.5. The van der Waals surface area contributed by atoms with Crippen LogP contribution in [0.2, 0.25) is 0 Å². The number of benzene rings is 2. The summed E-state index contributed by atoms with van der Waals surface area (Å²) >= 11 is 0. The minimum Gasteiger partial charge on any atom is -0.486 e. The van der Waals surface area contributed by atoms with Crippen molar-refractivity contribution in [2.24, 2.45) is 4.99 Å². The SMILES string of the molecule is CNC(=O)C1=NC=CC(Oc2ccc(C(=O)NNC(=O)c3cccc(C(F)(F)F)c3)cc2)C1. The van der Waals surface area contributed by atoms with E-state index in [-0.39, 0.29) is 23.5 Å². The molecule has 0 bridgehead atoms. The van der Waals surface area contributed by atoms with E-state index in [9.17, 15) is 27.6 Å². The van der Waals surface area contributed by atoms with Crippen molar-refractivity contribution in [1.82, 2.24) is 16.2 Å². The third kappa shape index (κ3) is 6.19. The molecule has 0 spiro atoms. The zero-order valence-electron chi connectivity index (χ0n) is 17.3. The lowest BCUT2D eigenvalue weighted by Crippen LogP contribution is -2.41. The summed E-state index contributed by atoms with van der Waals surface area (Å²) in [6.07, 6.45) is -1.56. The molecule has 1 heterocycles. The van der Waals surface area contributed by atoms with Gasteiger partial charge in [0.2, 0.25) is 0 Å². The summed E-state index contributed by atoms with van der Waals surface area (Å²) < 4.78 is 44.1. The fourth-order valence-electron chi connectivity index (χ4n) is 2.87. The van der Waals surface area contributed by atoms with Crippen molar-refractivity contribution < 1.29 is 32.3 Å². The van der Waals surface area contributed by atoms with Crippen LogP contribution in [0.5, 0.6) is 5.75 Å². The number of rotatable bonds is 5. The van der Waals surface area contributed by atoms with Crippen LogP contribution < -0.4 is 20.9 Å². The quantitative estimate of drug-likeness (QED) is 0.596. The molecule has 33 heavy (non-hydrogen) atoms. The Hall–Kier alpha value is -4.15. The van der Waals surface area contributed by atoms with Crippen molar-refractivity contribution in [1.29, 1.82) is 0 Å². The molecule has 1 atom stereocenters. The molecule has 0 saturated heterocycles. The fraction of sp³-hybridized carbons (Fsp3) is 0.182. The Kier molecular flexibility index (Phi) is 7.11. The minimum absolute atomic E-state index is 0.179. The first-order valence-electron chi connectivity index (χ1n) is 9.67. The van der Waals surface area contributed by atoms with Gasteiger partial charge in [0.1, 0.15) is 17.6 Å². The largest absolute Gasteiger partial charge is 0.486 e. The number of aliphatic imine (C=N–C) groups is 1. The second-order valence-corrected chi connectivity index (χ2v) is 6.87. The summed E-state index contributed by atoms with van der Waals surface area (Å²) in [5.74, 6) is -1.43. The van der Waals surface area contributed by atoms with Crippen molar-refractivity contribution in [3.8, 4) is 5.75 Å². The standard InChI is InChI=1S/C22H19F3N4O4/c1-26-21(32)18-12-17(9-10-27-18)33-16-7-5-13(6-8-16)19(30)28-29-20(31)14-3-2-4-15(11-14)22(23,24)25/h2-11,17H,12H2,1H3,(H,26,32)(H,28,30)(H,29,31). The van der Waals surface area contributed by atoms with Crippen molar-refractivity contribution in [3.63, 3.8) is 0 Å². The third-order valence-electron chi connectivity index (χ3n) is 4.56. The van der Waals surface area contributed by atoms with Gasteiger partial charge in [-0.2, -0.15) is 13.2 Å². The van der Waals surface area contributed by atoms with Gasteiger partial charge in [-0.1, -0.05) is 6.07 Å². The van der Waals surface area contributed by atoms with Gasteiger partial charge in [0.25, 0.3) is 17.7 Å². The molecule has 0 aromatic heterocycles. The number of carbonyl (C=O) groups excluding carboxylic acids is 3. The molecule has 3 N–H and O–H groups in total. The average Bonchev–Trinajstić information content (AvgIpc) is 2.82. The molecular weight excluding hydrogens is 441 g/mol. The molecule has 0 radical (unpaired) electrons. The maximum absolute atomic E-state index is 12.8. The number of hydrazine groups is 1. The molecule has 1 aliphatic rings. The highest BCUT2D eigenvalue weighted by Crippen LogP contribution is 2.29. The Morgan fingerprint density at radius 3 is 2.27 bits per heavy atom. The number of amides is 3. The Morgan fingerprint density at radius 1 is 0.970 bits per heavy atom. The third-order valence-corrected chi connectivity index (χ3v) is 4.56. The minimum atomic E-state index is -4.59. The first-order valence-corrected chi connectivity index (χ1v) is 9.67. The highest BCUT2D eigenvalue weighted by atomic mass is 19.4. The number of nitrogens with one attached hydrogen (secondary N) is 3. The van der Waals surface area contributed by atoms with Gasteiger partial charge in [-0.15, -0.1) is 0 Å². The van der Waals surface area contributed by atoms with E-state index in [1.54, 1.807) is 6.08 Å². The molecule has 0 aliphatic carbocycles. The number of halogens is 3. The van der Waals surface area contributed by atoms with Crippen LogP contribution in [0.15, 0.2) is 65.8 Å². The van der Waals surface area contributed by atoms with Crippen molar-refractivity contribution in [3.05, 3.63) is 77.5 Å². The predicted octanol–water partition coefficient (Wildman–Crippen LogP) is 2.63. The van der Waals surface area contributed by atoms with Gasteiger partial charge < -0.3 is 10.1 Å². The van der Waals surface area contributed by atoms with Crippen molar-refractivity contribution in [2.75, 3.05) is 7.05 Å². The molecule has 0 fully saturated rings. The van der Waals surface area contributed by atoms with Crippen LogP contribution >= 0.6 is 0 Å². The Morgan fingerprint density at radius 2 is 1.64 bits per heavy atom. The molecule has 2 aromatic rings. The van der Waals surface area contributed by atoms with Crippen LogP contribution in [0.1, 0.15) is 32.7 Å². The number of ether oxygens (including phenoxy) is 1. The monoisotopic (exact) mass is 460 g/mol. The van der Waals surface area contributed by atoms with Crippen molar-refractivity contribution >= 4 is 23.4 Å². The lowest BCUT2D eigenvalue weighted by Gasteiger charge is -2.18. The molecule has 3 rings (SSSR count). The molecule has 1 unspecified atom stereocenters. The van der Waals surface area contributed by atoms with Gasteiger partial charge in [-0.05, 0) is 48.5 Å². The van der Waals surface area contributed by atoms with Gasteiger partial charge in [-0.3, -0.25) is 30.2 Å². The molecule has 0 saturated carbocycles. The fourth-order valence-corrected chi connectivity index (χ4v) is 2.87. The Balaban J connectivity index is 1.54. The van der Waals surface area contributed by atoms with E-state index in [1.165, 1.54) is 43.6 Å². The summed E-state index contributed by atoms with van der Waals surface area (Å²) in [5.41, 5.74) is 3.51.